The lowest BCUT2D eigenvalue weighted by Gasteiger charge is -2.37. The molecule has 0 bridgehead atoms. The molecule has 1 aliphatic rings. The number of likely N-dealkylation sites (N-methyl/N-ethyl adjacent to an activating group) is 1. The Morgan fingerprint density at radius 1 is 1.43 bits per heavy atom. The fourth-order valence-electron chi connectivity index (χ4n) is 2.69. The third-order valence-electron chi connectivity index (χ3n) is 3.87. The van der Waals surface area contributed by atoms with Crippen LogP contribution in [0.5, 0.6) is 0 Å². The van der Waals surface area contributed by atoms with E-state index >= 15 is 0 Å². The second-order valence-electron chi connectivity index (χ2n) is 7.02. The minimum Gasteiger partial charge on any atom is -0.461 e. The van der Waals surface area contributed by atoms with Gasteiger partial charge in [-0.05, 0) is 52.3 Å². The maximum atomic E-state index is 12.2. The van der Waals surface area contributed by atoms with Crippen molar-refractivity contribution in [2.24, 2.45) is 0 Å². The van der Waals surface area contributed by atoms with Gasteiger partial charge in [-0.3, -0.25) is 9.69 Å². The van der Waals surface area contributed by atoms with Crippen LogP contribution in [0.25, 0.3) is 0 Å². The number of carbonyl (C=O) groups excluding carboxylic acids is 2. The monoisotopic (exact) mass is 322 g/mol. The number of likely N-dealkylation sites (tertiary alicyclic amines) is 1. The van der Waals surface area contributed by atoms with Crippen molar-refractivity contribution in [1.82, 2.24) is 9.80 Å². The molecule has 6 nitrogen and oxygen atoms in total. The van der Waals surface area contributed by atoms with Crippen LogP contribution in [0, 0.1) is 0 Å². The summed E-state index contributed by atoms with van der Waals surface area (Å²) in [7, 11) is 1.76. The van der Waals surface area contributed by atoms with Crippen LogP contribution in [-0.2, 0) is 4.74 Å². The summed E-state index contributed by atoms with van der Waals surface area (Å²) in [4.78, 5) is 28.0. The topological polar surface area (TPSA) is 63.0 Å². The molecule has 6 heteroatoms. The Hall–Kier alpha value is -1.82. The molecule has 128 valence electrons. The summed E-state index contributed by atoms with van der Waals surface area (Å²) in [5, 5.41) is 0. The molecule has 1 amide bonds. The normalized spacial score (nSPS) is 19.4. The number of carbonyl (C=O) groups is 2. The number of piperidine rings is 1. The largest absolute Gasteiger partial charge is 0.461 e. The molecule has 0 aromatic carbocycles. The summed E-state index contributed by atoms with van der Waals surface area (Å²) in [5.41, 5.74) is -0.505. The van der Waals surface area contributed by atoms with E-state index in [4.69, 9.17) is 9.15 Å². The van der Waals surface area contributed by atoms with Crippen molar-refractivity contribution in [3.8, 4) is 0 Å². The van der Waals surface area contributed by atoms with E-state index in [-0.39, 0.29) is 17.9 Å². The Bertz CT molecular complexity index is 533. The number of ether oxygens (including phenoxy) is 1. The van der Waals surface area contributed by atoms with E-state index in [1.54, 1.807) is 24.1 Å². The minimum absolute atomic E-state index is 0.0319. The van der Waals surface area contributed by atoms with Crippen LogP contribution in [0.4, 0.5) is 4.79 Å². The van der Waals surface area contributed by atoms with Gasteiger partial charge < -0.3 is 14.1 Å². The van der Waals surface area contributed by atoms with Crippen molar-refractivity contribution in [3.05, 3.63) is 24.2 Å². The molecule has 1 aliphatic heterocycles. The van der Waals surface area contributed by atoms with Gasteiger partial charge in [-0.25, -0.2) is 4.79 Å². The second kappa shape index (κ2) is 7.17. The van der Waals surface area contributed by atoms with Crippen molar-refractivity contribution < 1.29 is 18.7 Å². The maximum absolute atomic E-state index is 12.2. The van der Waals surface area contributed by atoms with E-state index in [2.05, 4.69) is 4.90 Å². The summed E-state index contributed by atoms with van der Waals surface area (Å²) in [6.45, 7) is 7.40. The van der Waals surface area contributed by atoms with Crippen LogP contribution in [0.3, 0.4) is 0 Å². The molecule has 0 radical (unpaired) electrons. The predicted octanol–water partition coefficient (Wildman–Crippen LogP) is 2.79. The summed E-state index contributed by atoms with van der Waals surface area (Å²) < 4.78 is 10.6. The number of Topliss-reactive ketones (excluding diaryl/α,β-unsaturated/α-hetero) is 1. The third kappa shape index (κ3) is 5.10. The van der Waals surface area contributed by atoms with E-state index < -0.39 is 5.60 Å². The summed E-state index contributed by atoms with van der Waals surface area (Å²) in [6, 6.07) is 3.45. The van der Waals surface area contributed by atoms with Crippen LogP contribution < -0.4 is 0 Å². The average Bonchev–Trinajstić information content (AvgIpc) is 2.99. The van der Waals surface area contributed by atoms with Crippen LogP contribution >= 0.6 is 0 Å². The number of amides is 1. The summed E-state index contributed by atoms with van der Waals surface area (Å²) in [6.07, 6.45) is 3.05. The first kappa shape index (κ1) is 17.5. The van der Waals surface area contributed by atoms with Crippen LogP contribution in [0.15, 0.2) is 22.8 Å². The van der Waals surface area contributed by atoms with Crippen molar-refractivity contribution in [1.29, 1.82) is 0 Å². The van der Waals surface area contributed by atoms with Crippen LogP contribution in [-0.4, -0.2) is 60.0 Å². The molecule has 1 fully saturated rings. The third-order valence-corrected chi connectivity index (χ3v) is 3.87. The lowest BCUT2D eigenvalue weighted by molar-refractivity contribution is 0.0138. The van der Waals surface area contributed by atoms with Crippen molar-refractivity contribution in [2.75, 3.05) is 26.7 Å². The zero-order chi connectivity index (χ0) is 17.0. The number of furan rings is 1. The molecular formula is C17H26N2O4. The quantitative estimate of drug-likeness (QED) is 0.798. The molecular weight excluding hydrogens is 296 g/mol. The van der Waals surface area contributed by atoms with Gasteiger partial charge in [-0.2, -0.15) is 0 Å². The highest BCUT2D eigenvalue weighted by molar-refractivity contribution is 5.95. The van der Waals surface area contributed by atoms with Gasteiger partial charge in [-0.15, -0.1) is 0 Å². The number of hydrogen-bond donors (Lipinski definition) is 0. The summed E-state index contributed by atoms with van der Waals surface area (Å²) in [5.74, 6) is 0.350. The molecule has 1 unspecified atom stereocenters. The molecule has 0 N–H and O–H groups in total. The van der Waals surface area contributed by atoms with Gasteiger partial charge in [0.05, 0.1) is 12.8 Å². The van der Waals surface area contributed by atoms with Gasteiger partial charge in [-0.1, -0.05) is 0 Å². The summed E-state index contributed by atoms with van der Waals surface area (Å²) >= 11 is 0. The highest BCUT2D eigenvalue weighted by atomic mass is 16.6. The minimum atomic E-state index is -0.505. The van der Waals surface area contributed by atoms with Gasteiger partial charge in [0.15, 0.2) is 5.76 Å². The molecule has 1 aromatic heterocycles. The number of ketones is 1. The average molecular weight is 322 g/mol. The number of hydrogen-bond acceptors (Lipinski definition) is 5. The fraction of sp³-hybridized carbons (Fsp3) is 0.647. The van der Waals surface area contributed by atoms with Crippen LogP contribution in [0.2, 0.25) is 0 Å². The Morgan fingerprint density at radius 2 is 2.17 bits per heavy atom. The molecule has 2 heterocycles. The highest BCUT2D eigenvalue weighted by Crippen LogP contribution is 2.18. The highest BCUT2D eigenvalue weighted by Gasteiger charge is 2.30. The predicted molar refractivity (Wildman–Crippen MR) is 86.5 cm³/mol. The number of rotatable bonds is 4. The number of nitrogens with zero attached hydrogens (tertiary/aromatic N) is 2. The van der Waals surface area contributed by atoms with Gasteiger partial charge in [0.25, 0.3) is 0 Å². The lowest BCUT2D eigenvalue weighted by Crippen LogP contribution is -2.50. The fourth-order valence-corrected chi connectivity index (χ4v) is 2.69. The Morgan fingerprint density at radius 3 is 2.78 bits per heavy atom. The van der Waals surface area contributed by atoms with Gasteiger partial charge in [0.2, 0.25) is 5.78 Å². The molecule has 1 saturated heterocycles. The maximum Gasteiger partial charge on any atom is 0.410 e. The lowest BCUT2D eigenvalue weighted by atomic mass is 10.0. The first-order valence-corrected chi connectivity index (χ1v) is 8.01. The van der Waals surface area contributed by atoms with Crippen molar-refractivity contribution in [2.45, 2.75) is 45.3 Å². The first-order valence-electron chi connectivity index (χ1n) is 8.01. The second-order valence-corrected chi connectivity index (χ2v) is 7.02. The molecule has 2 rings (SSSR count). The zero-order valence-corrected chi connectivity index (χ0v) is 14.4. The smallest absolute Gasteiger partial charge is 0.410 e. The van der Waals surface area contributed by atoms with Crippen molar-refractivity contribution >= 4 is 11.9 Å². The van der Waals surface area contributed by atoms with E-state index in [9.17, 15) is 9.59 Å². The molecule has 1 atom stereocenters. The SMILES string of the molecule is CN(C(=O)OC(C)(C)C)C1CCCN(CC(=O)c2ccco2)C1. The van der Waals surface area contributed by atoms with E-state index in [0.717, 1.165) is 19.4 Å². The molecule has 0 spiro atoms. The molecule has 0 saturated carbocycles. The Kier molecular flexibility index (Phi) is 5.46. The molecule has 23 heavy (non-hydrogen) atoms. The zero-order valence-electron chi connectivity index (χ0n) is 14.4. The molecule has 0 aliphatic carbocycles. The van der Waals surface area contributed by atoms with Crippen LogP contribution in [0.1, 0.15) is 44.2 Å². The van der Waals surface area contributed by atoms with E-state index in [0.29, 0.717) is 18.8 Å². The standard InChI is InChI=1S/C17H26N2O4/c1-17(2,3)23-16(21)18(4)13-7-5-9-19(11-13)12-14(20)15-8-6-10-22-15/h6,8,10,13H,5,7,9,11-12H2,1-4H3. The Labute approximate surface area is 137 Å². The van der Waals surface area contributed by atoms with Gasteiger partial charge in [0.1, 0.15) is 5.60 Å². The van der Waals surface area contributed by atoms with Gasteiger partial charge >= 0.3 is 6.09 Å². The van der Waals surface area contributed by atoms with E-state index in [1.807, 2.05) is 20.8 Å². The molecule has 1 aromatic rings. The van der Waals surface area contributed by atoms with Gasteiger partial charge in [0, 0.05) is 19.6 Å². The van der Waals surface area contributed by atoms with E-state index in [1.165, 1.54) is 6.26 Å². The first-order chi connectivity index (χ1) is 10.8. The van der Waals surface area contributed by atoms with Crippen molar-refractivity contribution in [3.63, 3.8) is 0 Å². The Balaban J connectivity index is 1.90.